The normalized spacial score (nSPS) is 10.4. The highest BCUT2D eigenvalue weighted by Crippen LogP contribution is 2.16. The van der Waals surface area contributed by atoms with Crippen molar-refractivity contribution in [2.24, 2.45) is 0 Å². The number of amides is 1. The fraction of sp³-hybridized carbons (Fsp3) is 0.440. The first-order valence-electron chi connectivity index (χ1n) is 11.2. The van der Waals surface area contributed by atoms with Crippen LogP contribution >= 0.6 is 0 Å². The van der Waals surface area contributed by atoms with Crippen LogP contribution < -0.4 is 15.4 Å². The molecule has 0 bridgehead atoms. The van der Waals surface area contributed by atoms with Crippen molar-refractivity contribution in [3.05, 3.63) is 54.1 Å². The molecule has 2 N–H and O–H groups in total. The molecule has 1 amide bonds. The van der Waals surface area contributed by atoms with Gasteiger partial charge in [-0.2, -0.15) is 0 Å². The van der Waals surface area contributed by atoms with E-state index in [4.69, 9.17) is 9.47 Å². The Morgan fingerprint density at radius 1 is 0.774 bits per heavy atom. The predicted molar refractivity (Wildman–Crippen MR) is 125 cm³/mol. The molecule has 0 fully saturated rings. The van der Waals surface area contributed by atoms with E-state index in [9.17, 15) is 9.59 Å². The maximum Gasteiger partial charge on any atom is 0.338 e. The van der Waals surface area contributed by atoms with Crippen LogP contribution in [0.3, 0.4) is 0 Å². The molecule has 2 aromatic rings. The van der Waals surface area contributed by atoms with Gasteiger partial charge in [-0.3, -0.25) is 4.79 Å². The Morgan fingerprint density at radius 3 is 2.13 bits per heavy atom. The third-order valence-corrected chi connectivity index (χ3v) is 4.67. The molecular weight excluding hydrogens is 392 g/mol. The summed E-state index contributed by atoms with van der Waals surface area (Å²) in [5, 5.41) is 5.90. The maximum atomic E-state index is 12.2. The lowest BCUT2D eigenvalue weighted by Gasteiger charge is -2.10. The van der Waals surface area contributed by atoms with Crippen molar-refractivity contribution in [2.75, 3.05) is 30.4 Å². The van der Waals surface area contributed by atoms with E-state index >= 15 is 0 Å². The Kier molecular flexibility index (Phi) is 11.0. The number of esters is 1. The van der Waals surface area contributed by atoms with Gasteiger partial charge in [0.1, 0.15) is 5.75 Å². The molecule has 0 spiro atoms. The van der Waals surface area contributed by atoms with E-state index in [0.717, 1.165) is 30.0 Å². The highest BCUT2D eigenvalue weighted by molar-refractivity contribution is 5.94. The van der Waals surface area contributed by atoms with E-state index in [1.807, 2.05) is 31.2 Å². The molecule has 2 rings (SSSR count). The van der Waals surface area contributed by atoms with Crippen LogP contribution in [0.4, 0.5) is 11.4 Å². The number of benzene rings is 2. The van der Waals surface area contributed by atoms with Crippen LogP contribution in [-0.2, 0) is 9.53 Å². The zero-order valence-corrected chi connectivity index (χ0v) is 18.6. The molecule has 2 aromatic carbocycles. The molecule has 31 heavy (non-hydrogen) atoms. The Balaban J connectivity index is 1.69. The zero-order valence-electron chi connectivity index (χ0n) is 18.6. The highest BCUT2D eigenvalue weighted by atomic mass is 16.5. The minimum Gasteiger partial charge on any atom is -0.494 e. The number of hydrogen-bond acceptors (Lipinski definition) is 5. The van der Waals surface area contributed by atoms with Gasteiger partial charge in [-0.05, 0) is 61.4 Å². The van der Waals surface area contributed by atoms with Gasteiger partial charge in [0.25, 0.3) is 0 Å². The average molecular weight is 427 g/mol. The van der Waals surface area contributed by atoms with Crippen molar-refractivity contribution in [3.63, 3.8) is 0 Å². The lowest BCUT2D eigenvalue weighted by Crippen LogP contribution is -2.21. The molecular formula is C25H34N2O4. The Bertz CT molecular complexity index is 788. The van der Waals surface area contributed by atoms with Crippen LogP contribution in [0, 0.1) is 0 Å². The van der Waals surface area contributed by atoms with Gasteiger partial charge in [0.15, 0.2) is 0 Å². The fourth-order valence-corrected chi connectivity index (χ4v) is 2.92. The molecule has 0 unspecified atom stereocenters. The molecule has 0 heterocycles. The summed E-state index contributed by atoms with van der Waals surface area (Å²) in [5.41, 5.74) is 1.97. The van der Waals surface area contributed by atoms with Crippen molar-refractivity contribution in [1.29, 1.82) is 0 Å². The summed E-state index contributed by atoms with van der Waals surface area (Å²) >= 11 is 0. The quantitative estimate of drug-likeness (QED) is 0.301. The molecule has 0 radical (unpaired) electrons. The van der Waals surface area contributed by atoms with Gasteiger partial charge in [-0.25, -0.2) is 4.79 Å². The lowest BCUT2D eigenvalue weighted by molar-refractivity contribution is -0.114. The molecule has 0 aromatic heterocycles. The molecule has 0 atom stereocenters. The van der Waals surface area contributed by atoms with Crippen molar-refractivity contribution in [3.8, 4) is 5.75 Å². The minimum absolute atomic E-state index is 0.121. The van der Waals surface area contributed by atoms with Gasteiger partial charge < -0.3 is 20.1 Å². The molecule has 0 aliphatic rings. The van der Waals surface area contributed by atoms with E-state index in [2.05, 4.69) is 17.6 Å². The summed E-state index contributed by atoms with van der Waals surface area (Å²) in [4.78, 5) is 24.0. The molecule has 0 saturated carbocycles. The van der Waals surface area contributed by atoms with Crippen LogP contribution in [0.1, 0.15) is 62.7 Å². The van der Waals surface area contributed by atoms with E-state index in [1.165, 1.54) is 25.7 Å². The first-order valence-corrected chi connectivity index (χ1v) is 11.2. The van der Waals surface area contributed by atoms with Crippen LogP contribution in [0.25, 0.3) is 0 Å². The first-order chi connectivity index (χ1) is 15.1. The van der Waals surface area contributed by atoms with Gasteiger partial charge in [-0.15, -0.1) is 0 Å². The number of nitrogens with one attached hydrogen (secondary N) is 2. The van der Waals surface area contributed by atoms with Crippen molar-refractivity contribution in [2.45, 2.75) is 52.4 Å². The second-order valence-electron chi connectivity index (χ2n) is 7.40. The topological polar surface area (TPSA) is 76.7 Å². The SMILES string of the molecule is CCCCCCCOc1ccc(NC(=O)CNc2ccc(C(=O)OCCC)cc2)cc1. The van der Waals surface area contributed by atoms with Gasteiger partial charge in [0.05, 0.1) is 25.3 Å². The second kappa shape index (κ2) is 14.1. The second-order valence-corrected chi connectivity index (χ2v) is 7.40. The molecule has 0 aliphatic carbocycles. The van der Waals surface area contributed by atoms with Gasteiger partial charge in [0.2, 0.25) is 5.91 Å². The fourth-order valence-electron chi connectivity index (χ4n) is 2.92. The largest absolute Gasteiger partial charge is 0.494 e. The minimum atomic E-state index is -0.338. The van der Waals surface area contributed by atoms with Crippen LogP contribution in [-0.4, -0.2) is 31.6 Å². The molecule has 6 heteroatoms. The summed E-state index contributed by atoms with van der Waals surface area (Å²) in [5.74, 6) is 0.315. The van der Waals surface area contributed by atoms with E-state index in [1.54, 1.807) is 24.3 Å². The summed E-state index contributed by atoms with van der Waals surface area (Å²) < 4.78 is 10.8. The van der Waals surface area contributed by atoms with E-state index < -0.39 is 0 Å². The smallest absolute Gasteiger partial charge is 0.338 e. The number of hydrogen-bond donors (Lipinski definition) is 2. The monoisotopic (exact) mass is 426 g/mol. The molecule has 0 aliphatic heterocycles. The van der Waals surface area contributed by atoms with Gasteiger partial charge >= 0.3 is 5.97 Å². The summed E-state index contributed by atoms with van der Waals surface area (Å²) in [6.07, 6.45) is 6.82. The van der Waals surface area contributed by atoms with E-state index in [0.29, 0.717) is 18.8 Å². The number of rotatable bonds is 14. The molecule has 168 valence electrons. The van der Waals surface area contributed by atoms with Crippen molar-refractivity contribution in [1.82, 2.24) is 0 Å². The van der Waals surface area contributed by atoms with Gasteiger partial charge in [0, 0.05) is 11.4 Å². The number of unbranched alkanes of at least 4 members (excludes halogenated alkanes) is 4. The first kappa shape index (κ1) is 24.3. The van der Waals surface area contributed by atoms with Gasteiger partial charge in [-0.1, -0.05) is 39.5 Å². The summed E-state index contributed by atoms with van der Waals surface area (Å²) in [6, 6.07) is 14.3. The van der Waals surface area contributed by atoms with Crippen LogP contribution in [0.2, 0.25) is 0 Å². The summed E-state index contributed by atoms with van der Waals surface area (Å²) in [7, 11) is 0. The molecule has 0 saturated heterocycles. The third-order valence-electron chi connectivity index (χ3n) is 4.67. The number of anilines is 2. The predicted octanol–water partition coefficient (Wildman–Crippen LogP) is 5.65. The van der Waals surface area contributed by atoms with Crippen molar-refractivity contribution < 1.29 is 19.1 Å². The zero-order chi connectivity index (χ0) is 22.3. The maximum absolute atomic E-state index is 12.2. The van der Waals surface area contributed by atoms with E-state index in [-0.39, 0.29) is 18.4 Å². The Hall–Kier alpha value is -3.02. The molecule has 6 nitrogen and oxygen atoms in total. The highest BCUT2D eigenvalue weighted by Gasteiger charge is 2.07. The Labute approximate surface area is 185 Å². The Morgan fingerprint density at radius 2 is 1.45 bits per heavy atom. The van der Waals surface area contributed by atoms with Crippen LogP contribution in [0.5, 0.6) is 5.75 Å². The average Bonchev–Trinajstić information content (AvgIpc) is 2.80. The van der Waals surface area contributed by atoms with Crippen molar-refractivity contribution >= 4 is 23.3 Å². The number of carbonyl (C=O) groups is 2. The standard InChI is InChI=1S/C25H34N2O4/c1-3-5-6-7-8-18-30-23-15-13-22(14-16-23)27-24(28)19-26-21-11-9-20(10-12-21)25(29)31-17-4-2/h9-16,26H,3-8,17-19H2,1-2H3,(H,27,28). The number of ether oxygens (including phenoxy) is 2. The van der Waals surface area contributed by atoms with Crippen LogP contribution in [0.15, 0.2) is 48.5 Å². The number of carbonyl (C=O) groups excluding carboxylic acids is 2. The third kappa shape index (κ3) is 9.55. The lowest BCUT2D eigenvalue weighted by atomic mass is 10.2. The summed E-state index contributed by atoms with van der Waals surface area (Å²) in [6.45, 7) is 5.40.